The van der Waals surface area contributed by atoms with E-state index in [0.29, 0.717) is 5.69 Å². The summed E-state index contributed by atoms with van der Waals surface area (Å²) in [7, 11) is 0. The van der Waals surface area contributed by atoms with Gasteiger partial charge in [-0.05, 0) is 6.92 Å². The SMILES string of the molecule is Cc1cc(=O)n(N)c(NN)n1. The second-order valence-corrected chi connectivity index (χ2v) is 2.07. The molecule has 0 aliphatic carbocycles. The lowest BCUT2D eigenvalue weighted by Crippen LogP contribution is -2.32. The van der Waals surface area contributed by atoms with Gasteiger partial charge in [0, 0.05) is 11.8 Å². The van der Waals surface area contributed by atoms with Crippen molar-refractivity contribution in [1.29, 1.82) is 0 Å². The summed E-state index contributed by atoms with van der Waals surface area (Å²) < 4.78 is 0.840. The van der Waals surface area contributed by atoms with Gasteiger partial charge in [-0.15, -0.1) is 0 Å². The van der Waals surface area contributed by atoms with E-state index in [9.17, 15) is 4.79 Å². The van der Waals surface area contributed by atoms with Gasteiger partial charge in [0.15, 0.2) is 0 Å². The van der Waals surface area contributed by atoms with Gasteiger partial charge in [0.2, 0.25) is 5.95 Å². The Balaban J connectivity index is 3.36. The summed E-state index contributed by atoms with van der Waals surface area (Å²) in [5.74, 6) is 10.4. The van der Waals surface area contributed by atoms with Crippen LogP contribution in [0.4, 0.5) is 5.95 Å². The van der Waals surface area contributed by atoms with Crippen LogP contribution in [0, 0.1) is 6.92 Å². The fourth-order valence-electron chi connectivity index (χ4n) is 0.708. The number of nitrogens with one attached hydrogen (secondary N) is 1. The molecule has 1 rings (SSSR count). The third-order valence-corrected chi connectivity index (χ3v) is 1.21. The first-order valence-corrected chi connectivity index (χ1v) is 2.97. The van der Waals surface area contributed by atoms with E-state index in [4.69, 9.17) is 11.7 Å². The number of hydrogen-bond acceptors (Lipinski definition) is 5. The van der Waals surface area contributed by atoms with E-state index in [1.54, 1.807) is 6.92 Å². The van der Waals surface area contributed by atoms with Gasteiger partial charge in [-0.3, -0.25) is 10.2 Å². The van der Waals surface area contributed by atoms with Crippen LogP contribution in [-0.4, -0.2) is 9.66 Å². The maximum absolute atomic E-state index is 10.9. The first-order valence-electron chi connectivity index (χ1n) is 2.97. The van der Waals surface area contributed by atoms with Crippen molar-refractivity contribution in [3.05, 3.63) is 22.1 Å². The van der Waals surface area contributed by atoms with Crippen LogP contribution in [0.1, 0.15) is 5.69 Å². The Morgan fingerprint density at radius 3 is 2.91 bits per heavy atom. The number of hydrogen-bond donors (Lipinski definition) is 3. The molecule has 1 aromatic heterocycles. The molecule has 0 atom stereocenters. The molecule has 6 heteroatoms. The van der Waals surface area contributed by atoms with Crippen LogP contribution in [-0.2, 0) is 0 Å². The van der Waals surface area contributed by atoms with Crippen LogP contribution in [0.3, 0.4) is 0 Å². The van der Waals surface area contributed by atoms with E-state index >= 15 is 0 Å². The Morgan fingerprint density at radius 1 is 1.73 bits per heavy atom. The van der Waals surface area contributed by atoms with Crippen LogP contribution in [0.5, 0.6) is 0 Å². The zero-order valence-electron chi connectivity index (χ0n) is 6.03. The highest BCUT2D eigenvalue weighted by Gasteiger charge is 2.00. The molecule has 0 aliphatic rings. The molecule has 1 heterocycles. The molecular formula is C5H9N5O. The highest BCUT2D eigenvalue weighted by molar-refractivity contribution is 5.24. The summed E-state index contributed by atoms with van der Waals surface area (Å²) in [5, 5.41) is 0. The topological polar surface area (TPSA) is 99.0 Å². The second kappa shape index (κ2) is 2.59. The molecule has 0 amide bonds. The van der Waals surface area contributed by atoms with Crippen molar-refractivity contribution in [3.63, 3.8) is 0 Å². The number of aryl methyl sites for hydroxylation is 1. The normalized spacial score (nSPS) is 9.64. The molecule has 0 saturated carbocycles. The van der Waals surface area contributed by atoms with Crippen LogP contribution < -0.4 is 22.7 Å². The van der Waals surface area contributed by atoms with E-state index in [2.05, 4.69) is 10.4 Å². The van der Waals surface area contributed by atoms with Gasteiger partial charge in [-0.1, -0.05) is 0 Å². The van der Waals surface area contributed by atoms with Gasteiger partial charge in [0.1, 0.15) is 0 Å². The predicted octanol–water partition coefficient (Wildman–Crippen LogP) is -1.45. The van der Waals surface area contributed by atoms with Crippen molar-refractivity contribution >= 4 is 5.95 Å². The lowest BCUT2D eigenvalue weighted by Gasteiger charge is -2.04. The van der Waals surface area contributed by atoms with Gasteiger partial charge in [0.25, 0.3) is 5.56 Å². The molecule has 0 aliphatic heterocycles. The number of nitrogen functional groups attached to an aromatic ring is 2. The van der Waals surface area contributed by atoms with Crippen LogP contribution in [0.25, 0.3) is 0 Å². The predicted molar refractivity (Wildman–Crippen MR) is 41.2 cm³/mol. The fourth-order valence-corrected chi connectivity index (χ4v) is 0.708. The first-order chi connectivity index (χ1) is 5.15. The molecule has 0 saturated heterocycles. The highest BCUT2D eigenvalue weighted by atomic mass is 16.1. The Hall–Kier alpha value is -1.56. The zero-order valence-corrected chi connectivity index (χ0v) is 6.03. The van der Waals surface area contributed by atoms with Crippen molar-refractivity contribution in [2.75, 3.05) is 11.3 Å². The van der Waals surface area contributed by atoms with Crippen molar-refractivity contribution in [2.24, 2.45) is 5.84 Å². The summed E-state index contributed by atoms with van der Waals surface area (Å²) in [5.41, 5.74) is 2.44. The Morgan fingerprint density at radius 2 is 2.36 bits per heavy atom. The smallest absolute Gasteiger partial charge is 0.273 e. The minimum absolute atomic E-state index is 0.148. The molecule has 0 fully saturated rings. The molecular weight excluding hydrogens is 146 g/mol. The Bertz CT molecular complexity index is 317. The number of anilines is 1. The van der Waals surface area contributed by atoms with Crippen molar-refractivity contribution in [2.45, 2.75) is 6.92 Å². The lowest BCUT2D eigenvalue weighted by molar-refractivity contribution is 0.875. The highest BCUT2D eigenvalue weighted by Crippen LogP contribution is 1.93. The molecule has 0 spiro atoms. The van der Waals surface area contributed by atoms with E-state index < -0.39 is 0 Å². The molecule has 60 valence electrons. The van der Waals surface area contributed by atoms with E-state index in [1.165, 1.54) is 6.07 Å². The molecule has 0 bridgehead atoms. The Kier molecular flexibility index (Phi) is 1.77. The van der Waals surface area contributed by atoms with Gasteiger partial charge in [0.05, 0.1) is 0 Å². The molecule has 0 radical (unpaired) electrons. The molecule has 11 heavy (non-hydrogen) atoms. The maximum Gasteiger partial charge on any atom is 0.273 e. The molecule has 0 aromatic carbocycles. The molecule has 0 unspecified atom stereocenters. The third kappa shape index (κ3) is 1.30. The number of nitrogens with two attached hydrogens (primary N) is 2. The quantitative estimate of drug-likeness (QED) is 0.340. The number of aromatic nitrogens is 2. The van der Waals surface area contributed by atoms with Crippen molar-refractivity contribution in [3.8, 4) is 0 Å². The van der Waals surface area contributed by atoms with Crippen LogP contribution >= 0.6 is 0 Å². The van der Waals surface area contributed by atoms with Crippen molar-refractivity contribution < 1.29 is 0 Å². The van der Waals surface area contributed by atoms with Gasteiger partial charge in [-0.25, -0.2) is 10.8 Å². The Labute approximate surface area is 62.8 Å². The zero-order chi connectivity index (χ0) is 8.43. The minimum atomic E-state index is -0.342. The molecule has 1 aromatic rings. The largest absolute Gasteiger partial charge is 0.333 e. The van der Waals surface area contributed by atoms with E-state index in [0.717, 1.165) is 4.68 Å². The van der Waals surface area contributed by atoms with Gasteiger partial charge < -0.3 is 5.84 Å². The van der Waals surface area contributed by atoms with Crippen molar-refractivity contribution in [1.82, 2.24) is 9.66 Å². The summed E-state index contributed by atoms with van der Waals surface area (Å²) in [6.07, 6.45) is 0. The summed E-state index contributed by atoms with van der Waals surface area (Å²) >= 11 is 0. The summed E-state index contributed by atoms with van der Waals surface area (Å²) in [6, 6.07) is 1.32. The lowest BCUT2D eigenvalue weighted by atomic mass is 10.4. The van der Waals surface area contributed by atoms with Gasteiger partial charge in [-0.2, -0.15) is 4.68 Å². The van der Waals surface area contributed by atoms with E-state index in [1.807, 2.05) is 0 Å². The van der Waals surface area contributed by atoms with Crippen LogP contribution in [0.2, 0.25) is 0 Å². The van der Waals surface area contributed by atoms with E-state index in [-0.39, 0.29) is 11.5 Å². The standard InChI is InChI=1S/C5H9N5O/c1-3-2-4(11)10(7)5(8-3)9-6/h2H,6-7H2,1H3,(H,8,9). The average molecular weight is 155 g/mol. The monoisotopic (exact) mass is 155 g/mol. The fraction of sp³-hybridized carbons (Fsp3) is 0.200. The molecule has 5 N–H and O–H groups in total. The van der Waals surface area contributed by atoms with Crippen LogP contribution in [0.15, 0.2) is 10.9 Å². The molecule has 6 nitrogen and oxygen atoms in total. The van der Waals surface area contributed by atoms with Gasteiger partial charge >= 0.3 is 0 Å². The first kappa shape index (κ1) is 7.55. The number of rotatable bonds is 1. The average Bonchev–Trinajstić information content (AvgIpc) is 1.96. The third-order valence-electron chi connectivity index (χ3n) is 1.21. The second-order valence-electron chi connectivity index (χ2n) is 2.07. The summed E-state index contributed by atoms with van der Waals surface area (Å²) in [4.78, 5) is 14.8. The number of nitrogens with zero attached hydrogens (tertiary/aromatic N) is 2. The summed E-state index contributed by atoms with van der Waals surface area (Å²) in [6.45, 7) is 1.68. The minimum Gasteiger partial charge on any atom is -0.333 e. The maximum atomic E-state index is 10.9. The number of hydrazine groups is 1.